The van der Waals surface area contributed by atoms with Crippen LogP contribution in [-0.4, -0.2) is 30.5 Å². The molecule has 1 aromatic carbocycles. The van der Waals surface area contributed by atoms with Crippen LogP contribution < -0.4 is 10.6 Å². The normalized spacial score (nSPS) is 17.9. The summed E-state index contributed by atoms with van der Waals surface area (Å²) >= 11 is 1.57. The third-order valence-corrected chi connectivity index (χ3v) is 5.34. The summed E-state index contributed by atoms with van der Waals surface area (Å²) in [5.74, 6) is 1.32. The summed E-state index contributed by atoms with van der Waals surface area (Å²) in [4.78, 5) is 16.8. The Morgan fingerprint density at radius 1 is 1.33 bits per heavy atom. The van der Waals surface area contributed by atoms with Crippen molar-refractivity contribution >= 4 is 27.5 Å². The molecule has 1 fully saturated rings. The SMILES string of the molecule is O=C(NCC1CCCNC1)c1ccc(-c2nc3ccccc3s2)o1. The first-order valence-corrected chi connectivity index (χ1v) is 9.06. The second kappa shape index (κ2) is 6.75. The summed E-state index contributed by atoms with van der Waals surface area (Å²) in [5, 5.41) is 7.12. The number of amides is 1. The number of thiazole rings is 1. The minimum absolute atomic E-state index is 0.159. The van der Waals surface area contributed by atoms with Gasteiger partial charge in [0.1, 0.15) is 0 Å². The predicted octanol–water partition coefficient (Wildman–Crippen LogP) is 3.29. The smallest absolute Gasteiger partial charge is 0.287 e. The van der Waals surface area contributed by atoms with Crippen molar-refractivity contribution in [3.8, 4) is 10.8 Å². The Balaban J connectivity index is 1.44. The first kappa shape index (κ1) is 15.4. The van der Waals surface area contributed by atoms with E-state index in [-0.39, 0.29) is 5.91 Å². The minimum atomic E-state index is -0.159. The summed E-state index contributed by atoms with van der Waals surface area (Å²) in [6.45, 7) is 2.73. The van der Waals surface area contributed by atoms with Gasteiger partial charge in [-0.15, -0.1) is 11.3 Å². The maximum Gasteiger partial charge on any atom is 0.287 e. The molecule has 0 bridgehead atoms. The van der Waals surface area contributed by atoms with Crippen molar-refractivity contribution in [3.05, 3.63) is 42.2 Å². The van der Waals surface area contributed by atoms with E-state index < -0.39 is 0 Å². The van der Waals surface area contributed by atoms with E-state index in [1.165, 1.54) is 6.42 Å². The van der Waals surface area contributed by atoms with Gasteiger partial charge in [0.2, 0.25) is 0 Å². The number of benzene rings is 1. The molecule has 1 unspecified atom stereocenters. The number of fused-ring (bicyclic) bond motifs is 1. The highest BCUT2D eigenvalue weighted by atomic mass is 32.1. The van der Waals surface area contributed by atoms with E-state index in [9.17, 15) is 4.79 Å². The molecular formula is C18H19N3O2S. The number of para-hydroxylation sites is 1. The number of nitrogens with one attached hydrogen (secondary N) is 2. The summed E-state index contributed by atoms with van der Waals surface area (Å²) in [7, 11) is 0. The van der Waals surface area contributed by atoms with Gasteiger partial charge in [-0.25, -0.2) is 4.98 Å². The number of aromatic nitrogens is 1. The van der Waals surface area contributed by atoms with E-state index >= 15 is 0 Å². The Labute approximate surface area is 144 Å². The quantitative estimate of drug-likeness (QED) is 0.764. The Kier molecular flexibility index (Phi) is 4.32. The fraction of sp³-hybridized carbons (Fsp3) is 0.333. The summed E-state index contributed by atoms with van der Waals surface area (Å²) < 4.78 is 6.83. The van der Waals surface area contributed by atoms with E-state index in [0.29, 0.717) is 24.0 Å². The Morgan fingerprint density at radius 3 is 3.08 bits per heavy atom. The molecule has 1 aliphatic heterocycles. The van der Waals surface area contributed by atoms with Crippen molar-refractivity contribution in [1.29, 1.82) is 0 Å². The lowest BCUT2D eigenvalue weighted by molar-refractivity contribution is 0.0918. The zero-order valence-electron chi connectivity index (χ0n) is 13.2. The molecule has 5 nitrogen and oxygen atoms in total. The van der Waals surface area contributed by atoms with Crippen molar-refractivity contribution < 1.29 is 9.21 Å². The number of carbonyl (C=O) groups excluding carboxylic acids is 1. The van der Waals surface area contributed by atoms with E-state index in [0.717, 1.165) is 34.7 Å². The van der Waals surface area contributed by atoms with E-state index in [1.807, 2.05) is 30.3 Å². The van der Waals surface area contributed by atoms with Crippen LogP contribution in [0.25, 0.3) is 21.0 Å². The van der Waals surface area contributed by atoms with Crippen molar-refractivity contribution in [1.82, 2.24) is 15.6 Å². The maximum atomic E-state index is 12.3. The maximum absolute atomic E-state index is 12.3. The van der Waals surface area contributed by atoms with Crippen LogP contribution in [0.5, 0.6) is 0 Å². The van der Waals surface area contributed by atoms with Crippen molar-refractivity contribution in [2.24, 2.45) is 5.92 Å². The van der Waals surface area contributed by atoms with Crippen LogP contribution in [0.3, 0.4) is 0 Å². The summed E-state index contributed by atoms with van der Waals surface area (Å²) in [6.07, 6.45) is 2.32. The number of nitrogens with zero attached hydrogens (tertiary/aromatic N) is 1. The number of furan rings is 1. The molecule has 1 amide bonds. The second-order valence-electron chi connectivity index (χ2n) is 6.07. The van der Waals surface area contributed by atoms with Gasteiger partial charge in [0, 0.05) is 6.54 Å². The van der Waals surface area contributed by atoms with Crippen molar-refractivity contribution in [2.45, 2.75) is 12.8 Å². The molecule has 1 saturated heterocycles. The minimum Gasteiger partial charge on any atom is -0.448 e. The van der Waals surface area contributed by atoms with Crippen LogP contribution in [0.4, 0.5) is 0 Å². The third-order valence-electron chi connectivity index (χ3n) is 4.28. The fourth-order valence-corrected chi connectivity index (χ4v) is 3.90. The van der Waals surface area contributed by atoms with Gasteiger partial charge >= 0.3 is 0 Å². The largest absolute Gasteiger partial charge is 0.448 e. The fourth-order valence-electron chi connectivity index (χ4n) is 2.97. The molecule has 2 aromatic heterocycles. The van der Waals surface area contributed by atoms with Gasteiger partial charge < -0.3 is 15.1 Å². The highest BCUT2D eigenvalue weighted by Gasteiger charge is 2.17. The van der Waals surface area contributed by atoms with E-state index in [4.69, 9.17) is 4.42 Å². The Morgan fingerprint density at radius 2 is 2.25 bits per heavy atom. The molecule has 1 atom stereocenters. The summed E-state index contributed by atoms with van der Waals surface area (Å²) in [6, 6.07) is 11.5. The number of carbonyl (C=O) groups is 1. The van der Waals surface area contributed by atoms with Gasteiger partial charge in [0.25, 0.3) is 5.91 Å². The molecule has 1 aliphatic rings. The van der Waals surface area contributed by atoms with Crippen LogP contribution in [0.1, 0.15) is 23.4 Å². The number of hydrogen-bond donors (Lipinski definition) is 2. The molecule has 4 rings (SSSR count). The lowest BCUT2D eigenvalue weighted by Crippen LogP contribution is -2.38. The van der Waals surface area contributed by atoms with Gasteiger partial charge in [0.15, 0.2) is 16.5 Å². The molecule has 3 aromatic rings. The molecule has 0 spiro atoms. The first-order valence-electron chi connectivity index (χ1n) is 8.24. The van der Waals surface area contributed by atoms with E-state index in [2.05, 4.69) is 15.6 Å². The standard InChI is InChI=1S/C18H19N3O2S/c22-17(20-11-12-4-3-9-19-10-12)14-7-8-15(23-14)18-21-13-5-1-2-6-16(13)24-18/h1-2,5-8,12,19H,3-4,9-11H2,(H,20,22). The molecule has 24 heavy (non-hydrogen) atoms. The Bertz CT molecular complexity index is 816. The number of hydrogen-bond acceptors (Lipinski definition) is 5. The third kappa shape index (κ3) is 3.20. The van der Waals surface area contributed by atoms with Gasteiger partial charge in [-0.3, -0.25) is 4.79 Å². The van der Waals surface area contributed by atoms with Crippen LogP contribution in [0.2, 0.25) is 0 Å². The van der Waals surface area contributed by atoms with E-state index in [1.54, 1.807) is 17.4 Å². The van der Waals surface area contributed by atoms with Gasteiger partial charge in [-0.1, -0.05) is 12.1 Å². The molecule has 6 heteroatoms. The van der Waals surface area contributed by atoms with Crippen molar-refractivity contribution in [2.75, 3.05) is 19.6 Å². The van der Waals surface area contributed by atoms with Crippen LogP contribution in [0, 0.1) is 5.92 Å². The van der Waals surface area contributed by atoms with Crippen LogP contribution in [0.15, 0.2) is 40.8 Å². The highest BCUT2D eigenvalue weighted by Crippen LogP contribution is 2.31. The lowest BCUT2D eigenvalue weighted by Gasteiger charge is -2.22. The monoisotopic (exact) mass is 341 g/mol. The summed E-state index contributed by atoms with van der Waals surface area (Å²) in [5.41, 5.74) is 0.949. The number of piperidine rings is 1. The molecular weight excluding hydrogens is 322 g/mol. The number of rotatable bonds is 4. The van der Waals surface area contributed by atoms with Crippen LogP contribution >= 0.6 is 11.3 Å². The topological polar surface area (TPSA) is 67.2 Å². The molecule has 0 aliphatic carbocycles. The first-order chi connectivity index (χ1) is 11.8. The van der Waals surface area contributed by atoms with Gasteiger partial charge in [-0.05, 0) is 56.1 Å². The zero-order chi connectivity index (χ0) is 16.4. The zero-order valence-corrected chi connectivity index (χ0v) is 14.1. The predicted molar refractivity (Wildman–Crippen MR) is 95.2 cm³/mol. The molecule has 3 heterocycles. The average molecular weight is 341 g/mol. The second-order valence-corrected chi connectivity index (χ2v) is 7.10. The molecule has 0 radical (unpaired) electrons. The molecule has 124 valence electrons. The average Bonchev–Trinajstić information content (AvgIpc) is 3.27. The van der Waals surface area contributed by atoms with Crippen molar-refractivity contribution in [3.63, 3.8) is 0 Å². The Hall–Kier alpha value is -2.18. The lowest BCUT2D eigenvalue weighted by atomic mass is 10.00. The van der Waals surface area contributed by atoms with Crippen LogP contribution in [-0.2, 0) is 0 Å². The highest BCUT2D eigenvalue weighted by molar-refractivity contribution is 7.21. The molecule has 0 saturated carbocycles. The van der Waals surface area contributed by atoms with Gasteiger partial charge in [0.05, 0.1) is 10.2 Å². The molecule has 2 N–H and O–H groups in total. The van der Waals surface area contributed by atoms with Gasteiger partial charge in [-0.2, -0.15) is 0 Å².